The molecule has 4 rings (SSSR count). The van der Waals surface area contributed by atoms with Gasteiger partial charge in [-0.05, 0) is 68.9 Å². The van der Waals surface area contributed by atoms with Gasteiger partial charge in [-0.15, -0.1) is 0 Å². The Morgan fingerprint density at radius 2 is 1.89 bits per heavy atom. The lowest BCUT2D eigenvalue weighted by Crippen LogP contribution is -2.35. The zero-order valence-corrected chi connectivity index (χ0v) is 21.0. The quantitative estimate of drug-likeness (QED) is 0.394. The summed E-state index contributed by atoms with van der Waals surface area (Å²) in [5.41, 5.74) is 4.82. The van der Waals surface area contributed by atoms with E-state index in [2.05, 4.69) is 16.4 Å². The van der Waals surface area contributed by atoms with Crippen LogP contribution in [0.5, 0.6) is 0 Å². The Balaban J connectivity index is 1.85. The number of hydrogen-bond acceptors (Lipinski definition) is 6. The summed E-state index contributed by atoms with van der Waals surface area (Å²) in [5.74, 6) is -0.762. The van der Waals surface area contributed by atoms with Crippen LogP contribution in [-0.4, -0.2) is 51.8 Å². The number of nitrogens with one attached hydrogen (secondary N) is 1. The van der Waals surface area contributed by atoms with Gasteiger partial charge in [-0.25, -0.2) is 4.79 Å². The minimum atomic E-state index is -0.409. The first kappa shape index (κ1) is 24.4. The minimum Gasteiger partial charge on any atom is -0.465 e. The molecule has 35 heavy (non-hydrogen) atoms. The number of ether oxygens (including phenoxy) is 2. The van der Waals surface area contributed by atoms with Gasteiger partial charge in [0, 0.05) is 17.6 Å². The third-order valence-corrected chi connectivity index (χ3v) is 6.49. The number of pyridine rings is 1. The molecule has 9 heteroatoms. The molecule has 2 aromatic heterocycles. The van der Waals surface area contributed by atoms with Crippen LogP contribution in [0.2, 0.25) is 0 Å². The van der Waals surface area contributed by atoms with E-state index in [0.717, 1.165) is 28.3 Å². The van der Waals surface area contributed by atoms with E-state index in [0.29, 0.717) is 17.3 Å². The molecule has 0 saturated carbocycles. The van der Waals surface area contributed by atoms with Crippen molar-refractivity contribution < 1.29 is 19.1 Å². The Kier molecular flexibility index (Phi) is 7.16. The molecule has 0 radical (unpaired) electrons. The van der Waals surface area contributed by atoms with E-state index in [1.165, 1.54) is 7.11 Å². The maximum atomic E-state index is 12.5. The standard InChI is InChI=1S/C26H28N4O4S/c1-5-34-22(31)15-29-24(23(28-26(29)35)20-11-8-9-13-27-20)19-14-16(2)30(17(19)3)21-12-7-6-10-18(21)25(32)33-4/h6-14,23-24H,5,15H2,1-4H3,(H,28,35). The largest absolute Gasteiger partial charge is 0.465 e. The van der Waals surface area contributed by atoms with Crippen molar-refractivity contribution in [1.82, 2.24) is 19.8 Å². The van der Waals surface area contributed by atoms with E-state index in [4.69, 9.17) is 21.7 Å². The van der Waals surface area contributed by atoms with Gasteiger partial charge in [-0.2, -0.15) is 0 Å². The SMILES string of the molecule is CCOC(=O)CN1C(=S)NC(c2ccccn2)C1c1cc(C)n(-c2ccccc2C(=O)OC)c1C. The highest BCUT2D eigenvalue weighted by molar-refractivity contribution is 7.80. The van der Waals surface area contributed by atoms with Crippen LogP contribution < -0.4 is 5.32 Å². The van der Waals surface area contributed by atoms with E-state index in [9.17, 15) is 9.59 Å². The van der Waals surface area contributed by atoms with E-state index in [1.807, 2.05) is 59.7 Å². The first-order valence-electron chi connectivity index (χ1n) is 11.4. The molecule has 1 fully saturated rings. The van der Waals surface area contributed by atoms with Crippen LogP contribution in [0.25, 0.3) is 5.69 Å². The predicted molar refractivity (Wildman–Crippen MR) is 135 cm³/mol. The highest BCUT2D eigenvalue weighted by Crippen LogP contribution is 2.41. The fourth-order valence-electron chi connectivity index (χ4n) is 4.67. The molecule has 0 spiro atoms. The van der Waals surface area contributed by atoms with Gasteiger partial charge in [-0.3, -0.25) is 9.78 Å². The molecular formula is C26H28N4O4S. The molecule has 1 N–H and O–H groups in total. The van der Waals surface area contributed by atoms with Gasteiger partial charge < -0.3 is 24.3 Å². The summed E-state index contributed by atoms with van der Waals surface area (Å²) in [6.07, 6.45) is 1.74. The Morgan fingerprint density at radius 1 is 1.14 bits per heavy atom. The van der Waals surface area contributed by atoms with Crippen molar-refractivity contribution in [1.29, 1.82) is 0 Å². The Bertz CT molecular complexity index is 1260. The second kappa shape index (κ2) is 10.3. The lowest BCUT2D eigenvalue weighted by Gasteiger charge is -2.27. The Hall–Kier alpha value is -3.72. The van der Waals surface area contributed by atoms with Gasteiger partial charge >= 0.3 is 11.9 Å². The molecule has 2 unspecified atom stereocenters. The highest BCUT2D eigenvalue weighted by atomic mass is 32.1. The number of benzene rings is 1. The van der Waals surface area contributed by atoms with Gasteiger partial charge in [0.25, 0.3) is 0 Å². The maximum Gasteiger partial charge on any atom is 0.339 e. The fourth-order valence-corrected chi connectivity index (χ4v) is 4.97. The summed E-state index contributed by atoms with van der Waals surface area (Å²) in [6.45, 7) is 6.06. The first-order chi connectivity index (χ1) is 16.9. The van der Waals surface area contributed by atoms with Gasteiger partial charge in [0.05, 0.1) is 42.7 Å². The van der Waals surface area contributed by atoms with Crippen LogP contribution in [0.15, 0.2) is 54.7 Å². The number of aromatic nitrogens is 2. The van der Waals surface area contributed by atoms with Crippen molar-refractivity contribution in [2.75, 3.05) is 20.3 Å². The molecule has 2 atom stereocenters. The maximum absolute atomic E-state index is 12.5. The van der Waals surface area contributed by atoms with Crippen molar-refractivity contribution >= 4 is 29.3 Å². The molecule has 0 bridgehead atoms. The first-order valence-corrected chi connectivity index (χ1v) is 11.8. The van der Waals surface area contributed by atoms with E-state index >= 15 is 0 Å². The number of para-hydroxylation sites is 1. The number of esters is 2. The van der Waals surface area contributed by atoms with E-state index < -0.39 is 5.97 Å². The fraction of sp³-hybridized carbons (Fsp3) is 0.308. The number of carbonyl (C=O) groups is 2. The smallest absolute Gasteiger partial charge is 0.339 e. The monoisotopic (exact) mass is 492 g/mol. The second-order valence-corrected chi connectivity index (χ2v) is 8.62. The third-order valence-electron chi connectivity index (χ3n) is 6.14. The normalized spacial score (nSPS) is 17.3. The van der Waals surface area contributed by atoms with Crippen LogP contribution >= 0.6 is 12.2 Å². The van der Waals surface area contributed by atoms with Crippen LogP contribution in [-0.2, 0) is 14.3 Å². The molecule has 8 nitrogen and oxygen atoms in total. The zero-order valence-electron chi connectivity index (χ0n) is 20.1. The number of hydrogen-bond donors (Lipinski definition) is 1. The van der Waals surface area contributed by atoms with Crippen molar-refractivity contribution in [2.45, 2.75) is 32.9 Å². The van der Waals surface area contributed by atoms with Gasteiger partial charge in [-0.1, -0.05) is 18.2 Å². The van der Waals surface area contributed by atoms with Gasteiger partial charge in [0.2, 0.25) is 0 Å². The van der Waals surface area contributed by atoms with Crippen LogP contribution in [0.1, 0.15) is 52.0 Å². The molecule has 1 aliphatic heterocycles. The van der Waals surface area contributed by atoms with Crippen LogP contribution in [0.4, 0.5) is 0 Å². The molecule has 3 aromatic rings. The second-order valence-electron chi connectivity index (χ2n) is 8.23. The van der Waals surface area contributed by atoms with Crippen molar-refractivity contribution in [3.63, 3.8) is 0 Å². The van der Waals surface area contributed by atoms with Gasteiger partial charge in [0.1, 0.15) is 6.54 Å². The Morgan fingerprint density at radius 3 is 2.57 bits per heavy atom. The lowest BCUT2D eigenvalue weighted by atomic mass is 9.96. The lowest BCUT2D eigenvalue weighted by molar-refractivity contribution is -0.143. The molecule has 1 saturated heterocycles. The average molecular weight is 493 g/mol. The summed E-state index contributed by atoms with van der Waals surface area (Å²) in [4.78, 5) is 31.4. The van der Waals surface area contributed by atoms with Crippen LogP contribution in [0, 0.1) is 13.8 Å². The number of nitrogens with zero attached hydrogens (tertiary/aromatic N) is 3. The molecule has 0 amide bonds. The molecular weight excluding hydrogens is 464 g/mol. The average Bonchev–Trinajstić information content (AvgIpc) is 3.33. The van der Waals surface area contributed by atoms with Crippen molar-refractivity contribution in [2.24, 2.45) is 0 Å². The molecule has 3 heterocycles. The number of methoxy groups -OCH3 is 1. The zero-order chi connectivity index (χ0) is 25.1. The summed E-state index contributed by atoms with van der Waals surface area (Å²) >= 11 is 5.66. The molecule has 1 aromatic carbocycles. The van der Waals surface area contributed by atoms with Gasteiger partial charge in [0.15, 0.2) is 5.11 Å². The van der Waals surface area contributed by atoms with E-state index in [-0.39, 0.29) is 24.6 Å². The van der Waals surface area contributed by atoms with Crippen molar-refractivity contribution in [3.05, 3.63) is 82.9 Å². The molecule has 0 aliphatic carbocycles. The summed E-state index contributed by atoms with van der Waals surface area (Å²) in [7, 11) is 1.37. The topological polar surface area (TPSA) is 85.7 Å². The summed E-state index contributed by atoms with van der Waals surface area (Å²) in [6, 6.07) is 14.5. The number of thiocarbonyl (C=S) groups is 1. The minimum absolute atomic E-state index is 0.0100. The number of carbonyl (C=O) groups excluding carboxylic acids is 2. The molecule has 182 valence electrons. The molecule has 1 aliphatic rings. The Labute approximate surface area is 209 Å². The number of rotatable bonds is 7. The number of aryl methyl sites for hydroxylation is 1. The van der Waals surface area contributed by atoms with Crippen LogP contribution in [0.3, 0.4) is 0 Å². The summed E-state index contributed by atoms with van der Waals surface area (Å²) in [5, 5.41) is 3.81. The highest BCUT2D eigenvalue weighted by Gasteiger charge is 2.42. The third kappa shape index (κ3) is 4.64. The predicted octanol–water partition coefficient (Wildman–Crippen LogP) is 3.81. The van der Waals surface area contributed by atoms with Crippen molar-refractivity contribution in [3.8, 4) is 5.69 Å². The van der Waals surface area contributed by atoms with E-state index in [1.54, 1.807) is 19.2 Å². The summed E-state index contributed by atoms with van der Waals surface area (Å²) < 4.78 is 12.3.